The maximum Gasteiger partial charge on any atom is 0.164 e. The van der Waals surface area contributed by atoms with Gasteiger partial charge in [0.15, 0.2) is 11.6 Å². The monoisotopic (exact) mass is 340 g/mol. The van der Waals surface area contributed by atoms with Gasteiger partial charge in [0.05, 0.1) is 11.7 Å². The molecule has 0 bridgehead atoms. The zero-order valence-corrected chi connectivity index (χ0v) is 12.8. The number of rotatable bonds is 4. The van der Waals surface area contributed by atoms with Crippen molar-refractivity contribution in [2.45, 2.75) is 19.9 Å². The van der Waals surface area contributed by atoms with Crippen LogP contribution in [-0.4, -0.2) is 11.5 Å². The molecule has 1 aromatic carbocycles. The summed E-state index contributed by atoms with van der Waals surface area (Å²) in [7, 11) is 0. The highest BCUT2D eigenvalue weighted by molar-refractivity contribution is 9.10. The fourth-order valence-electron chi connectivity index (χ4n) is 2.05. The molecule has 2 nitrogen and oxygen atoms in total. The maximum atomic E-state index is 14.2. The summed E-state index contributed by atoms with van der Waals surface area (Å²) in [6.45, 7) is 4.07. The SMILES string of the molecule is CCNC(c1ccc(C)c(F)c1F)c1ncccc1Br. The first-order chi connectivity index (χ1) is 9.56. The number of hydrogen-bond donors (Lipinski definition) is 1. The van der Waals surface area contributed by atoms with Gasteiger partial charge in [0.25, 0.3) is 0 Å². The Morgan fingerprint density at radius 3 is 2.65 bits per heavy atom. The highest BCUT2D eigenvalue weighted by Crippen LogP contribution is 2.29. The molecule has 0 aliphatic heterocycles. The molecule has 0 radical (unpaired) electrons. The number of benzene rings is 1. The van der Waals surface area contributed by atoms with Crippen molar-refractivity contribution in [3.05, 3.63) is 63.4 Å². The summed E-state index contributed by atoms with van der Waals surface area (Å²) in [5.41, 5.74) is 1.19. The second kappa shape index (κ2) is 6.41. The van der Waals surface area contributed by atoms with Crippen molar-refractivity contribution >= 4 is 15.9 Å². The second-order valence-corrected chi connectivity index (χ2v) is 5.32. The molecule has 1 heterocycles. The van der Waals surface area contributed by atoms with Crippen molar-refractivity contribution in [1.29, 1.82) is 0 Å². The molecule has 0 saturated heterocycles. The average Bonchev–Trinajstić information content (AvgIpc) is 2.44. The standard InChI is InChI=1S/C15H15BrF2N2/c1-3-19-14(15-11(16)5-4-8-20-15)10-7-6-9(2)12(17)13(10)18/h4-8,14,19H,3H2,1-2H3. The third-order valence-corrected chi connectivity index (χ3v) is 3.76. The number of aromatic nitrogens is 1. The molecule has 5 heteroatoms. The molecule has 0 amide bonds. The van der Waals surface area contributed by atoms with Gasteiger partial charge in [-0.15, -0.1) is 0 Å². The zero-order valence-electron chi connectivity index (χ0n) is 11.3. The Morgan fingerprint density at radius 1 is 1.25 bits per heavy atom. The van der Waals surface area contributed by atoms with E-state index in [9.17, 15) is 8.78 Å². The highest BCUT2D eigenvalue weighted by atomic mass is 79.9. The molecule has 20 heavy (non-hydrogen) atoms. The molecule has 0 aliphatic rings. The Labute approximate surface area is 125 Å². The van der Waals surface area contributed by atoms with Crippen LogP contribution in [0.15, 0.2) is 34.9 Å². The van der Waals surface area contributed by atoms with E-state index in [1.165, 1.54) is 0 Å². The summed E-state index contributed by atoms with van der Waals surface area (Å²) in [4.78, 5) is 4.27. The normalized spacial score (nSPS) is 12.4. The van der Waals surface area contributed by atoms with E-state index in [4.69, 9.17) is 0 Å². The van der Waals surface area contributed by atoms with Gasteiger partial charge in [0.2, 0.25) is 0 Å². The first-order valence-electron chi connectivity index (χ1n) is 6.34. The molecule has 0 aliphatic carbocycles. The Bertz CT molecular complexity index is 617. The summed E-state index contributed by atoms with van der Waals surface area (Å²) in [6, 6.07) is 6.29. The zero-order chi connectivity index (χ0) is 14.7. The van der Waals surface area contributed by atoms with Crippen molar-refractivity contribution < 1.29 is 8.78 Å². The molecule has 1 N–H and O–H groups in total. The minimum atomic E-state index is -0.825. The number of pyridine rings is 1. The van der Waals surface area contributed by atoms with E-state index >= 15 is 0 Å². The van der Waals surface area contributed by atoms with Crippen molar-refractivity contribution in [2.75, 3.05) is 6.54 Å². The lowest BCUT2D eigenvalue weighted by Crippen LogP contribution is -2.24. The lowest BCUT2D eigenvalue weighted by Gasteiger charge is -2.20. The number of nitrogens with one attached hydrogen (secondary N) is 1. The van der Waals surface area contributed by atoms with E-state index in [-0.39, 0.29) is 5.56 Å². The van der Waals surface area contributed by atoms with Crippen molar-refractivity contribution in [3.8, 4) is 0 Å². The van der Waals surface area contributed by atoms with Crippen LogP contribution in [0.4, 0.5) is 8.78 Å². The fraction of sp³-hybridized carbons (Fsp3) is 0.267. The van der Waals surface area contributed by atoms with Crippen LogP contribution in [0.3, 0.4) is 0 Å². The summed E-state index contributed by atoms with van der Waals surface area (Å²) in [5, 5.41) is 3.14. The van der Waals surface area contributed by atoms with Crippen LogP contribution in [0.25, 0.3) is 0 Å². The topological polar surface area (TPSA) is 24.9 Å². The van der Waals surface area contributed by atoms with Gasteiger partial charge in [-0.25, -0.2) is 8.78 Å². The second-order valence-electron chi connectivity index (χ2n) is 4.46. The molecule has 0 saturated carbocycles. The molecule has 1 unspecified atom stereocenters. The molecule has 0 fully saturated rings. The number of hydrogen-bond acceptors (Lipinski definition) is 2. The smallest absolute Gasteiger partial charge is 0.164 e. The molecule has 2 aromatic rings. The first kappa shape index (κ1) is 15.1. The van der Waals surface area contributed by atoms with E-state index in [0.29, 0.717) is 17.8 Å². The largest absolute Gasteiger partial charge is 0.305 e. The van der Waals surface area contributed by atoms with Crippen LogP contribution < -0.4 is 5.32 Å². The van der Waals surface area contributed by atoms with Gasteiger partial charge < -0.3 is 5.32 Å². The molecular weight excluding hydrogens is 326 g/mol. The van der Waals surface area contributed by atoms with Crippen LogP contribution in [0, 0.1) is 18.6 Å². The van der Waals surface area contributed by atoms with Gasteiger partial charge >= 0.3 is 0 Å². The van der Waals surface area contributed by atoms with E-state index < -0.39 is 17.7 Å². The third-order valence-electron chi connectivity index (χ3n) is 3.08. The molecule has 2 rings (SSSR count). The Balaban J connectivity index is 2.55. The highest BCUT2D eigenvalue weighted by Gasteiger charge is 2.23. The quantitative estimate of drug-likeness (QED) is 0.905. The average molecular weight is 341 g/mol. The first-order valence-corrected chi connectivity index (χ1v) is 7.13. The molecular formula is C15H15BrF2N2. The van der Waals surface area contributed by atoms with Crippen molar-refractivity contribution in [2.24, 2.45) is 0 Å². The van der Waals surface area contributed by atoms with Gasteiger partial charge in [0.1, 0.15) is 0 Å². The number of nitrogens with zero attached hydrogens (tertiary/aromatic N) is 1. The van der Waals surface area contributed by atoms with Gasteiger partial charge in [-0.1, -0.05) is 19.1 Å². The van der Waals surface area contributed by atoms with Crippen LogP contribution in [-0.2, 0) is 0 Å². The predicted octanol–water partition coefficient (Wildman–Crippen LogP) is 4.13. The van der Waals surface area contributed by atoms with Crippen LogP contribution in [0.2, 0.25) is 0 Å². The Morgan fingerprint density at radius 2 is 2.00 bits per heavy atom. The van der Waals surface area contributed by atoms with Crippen molar-refractivity contribution in [1.82, 2.24) is 10.3 Å². The predicted molar refractivity (Wildman–Crippen MR) is 78.6 cm³/mol. The van der Waals surface area contributed by atoms with Crippen LogP contribution >= 0.6 is 15.9 Å². The fourth-order valence-corrected chi connectivity index (χ4v) is 2.54. The van der Waals surface area contributed by atoms with E-state index in [1.54, 1.807) is 31.3 Å². The maximum absolute atomic E-state index is 14.2. The molecule has 1 aromatic heterocycles. The van der Waals surface area contributed by atoms with E-state index in [0.717, 1.165) is 4.47 Å². The molecule has 0 spiro atoms. The van der Waals surface area contributed by atoms with Gasteiger partial charge in [-0.05, 0) is 47.1 Å². The van der Waals surface area contributed by atoms with Crippen molar-refractivity contribution in [3.63, 3.8) is 0 Å². The minimum absolute atomic E-state index is 0.259. The van der Waals surface area contributed by atoms with Crippen LogP contribution in [0.5, 0.6) is 0 Å². The summed E-state index contributed by atoms with van der Waals surface area (Å²) >= 11 is 3.40. The van der Waals surface area contributed by atoms with Crippen LogP contribution in [0.1, 0.15) is 29.8 Å². The summed E-state index contributed by atoms with van der Waals surface area (Å²) < 4.78 is 28.7. The lowest BCUT2D eigenvalue weighted by atomic mass is 10.0. The van der Waals surface area contributed by atoms with Gasteiger partial charge in [-0.3, -0.25) is 4.98 Å². The van der Waals surface area contributed by atoms with E-state index in [1.807, 2.05) is 13.0 Å². The van der Waals surface area contributed by atoms with E-state index in [2.05, 4.69) is 26.2 Å². The van der Waals surface area contributed by atoms with Gasteiger partial charge in [0, 0.05) is 16.2 Å². The third kappa shape index (κ3) is 2.88. The number of aryl methyl sites for hydroxylation is 1. The molecule has 1 atom stereocenters. The minimum Gasteiger partial charge on any atom is -0.305 e. The summed E-state index contributed by atoms with van der Waals surface area (Å²) in [5.74, 6) is -1.63. The lowest BCUT2D eigenvalue weighted by molar-refractivity contribution is 0.476. The van der Waals surface area contributed by atoms with Gasteiger partial charge in [-0.2, -0.15) is 0 Å². The Kier molecular flexibility index (Phi) is 4.83. The number of halogens is 3. The molecule has 106 valence electrons. The Hall–Kier alpha value is -1.33. The summed E-state index contributed by atoms with van der Waals surface area (Å²) in [6.07, 6.45) is 1.63.